The second kappa shape index (κ2) is 11.5. The highest BCUT2D eigenvalue weighted by molar-refractivity contribution is 5.89. The maximum Gasteiger partial charge on any atom is 0.331 e. The number of oxazole rings is 1. The number of aromatic nitrogens is 1. The van der Waals surface area contributed by atoms with Crippen LogP contribution in [0.15, 0.2) is 22.6 Å². The number of benzene rings is 1. The van der Waals surface area contributed by atoms with Crippen molar-refractivity contribution in [1.29, 1.82) is 0 Å². The molecule has 37 heavy (non-hydrogen) atoms. The molecule has 1 aromatic heterocycles. The highest BCUT2D eigenvalue weighted by atomic mass is 16.5. The lowest BCUT2D eigenvalue weighted by Gasteiger charge is -2.39. The fourth-order valence-corrected chi connectivity index (χ4v) is 5.64. The number of carbonyl (C=O) groups excluding carboxylic acids is 2. The first-order chi connectivity index (χ1) is 17.8. The number of ether oxygens (including phenoxy) is 4. The van der Waals surface area contributed by atoms with Crippen LogP contribution in [0.5, 0.6) is 11.5 Å². The Labute approximate surface area is 218 Å². The van der Waals surface area contributed by atoms with Gasteiger partial charge in [-0.25, -0.2) is 9.78 Å². The standard InChI is InChI=1S/C28H38N2O7/c1-18-24(29-25(37-18)20-14-22(33-3)16-23(15-20)34-4)17-36-21-10-8-9-19(13-21)26(31)30(2)28(27(32)35-5)11-6-7-12-28/h14-16,19,21H,6-13,17H2,1-5H3. The summed E-state index contributed by atoms with van der Waals surface area (Å²) in [6, 6.07) is 5.48. The van der Waals surface area contributed by atoms with E-state index in [1.54, 1.807) is 32.2 Å². The maximum atomic E-state index is 13.5. The van der Waals surface area contributed by atoms with Crippen LogP contribution < -0.4 is 9.47 Å². The number of nitrogens with zero attached hydrogens (tertiary/aromatic N) is 2. The van der Waals surface area contributed by atoms with Crippen LogP contribution in [0.1, 0.15) is 62.8 Å². The Bertz CT molecular complexity index is 1080. The SMILES string of the molecule is COC(=O)C1(N(C)C(=O)C2CCCC(OCc3nc(-c4cc(OC)cc(OC)c4)oc3C)C2)CCCC1. The Morgan fingerprint density at radius 2 is 1.73 bits per heavy atom. The maximum absolute atomic E-state index is 13.5. The topological polar surface area (TPSA) is 100 Å². The Hall–Kier alpha value is -3.07. The van der Waals surface area contributed by atoms with Crippen molar-refractivity contribution in [1.82, 2.24) is 9.88 Å². The monoisotopic (exact) mass is 514 g/mol. The molecule has 2 atom stereocenters. The minimum absolute atomic E-state index is 0.00692. The lowest BCUT2D eigenvalue weighted by molar-refractivity contribution is -0.162. The fourth-order valence-electron chi connectivity index (χ4n) is 5.64. The Kier molecular flexibility index (Phi) is 8.42. The van der Waals surface area contributed by atoms with E-state index in [4.69, 9.17) is 23.4 Å². The zero-order valence-corrected chi connectivity index (χ0v) is 22.5. The molecule has 2 fully saturated rings. The van der Waals surface area contributed by atoms with Gasteiger partial charge in [0.2, 0.25) is 11.8 Å². The number of carbonyl (C=O) groups is 2. The number of hydrogen-bond acceptors (Lipinski definition) is 8. The first-order valence-corrected chi connectivity index (χ1v) is 13.0. The third-order valence-corrected chi connectivity index (χ3v) is 7.89. The molecule has 9 nitrogen and oxygen atoms in total. The van der Waals surface area contributed by atoms with E-state index in [2.05, 4.69) is 4.98 Å². The van der Waals surface area contributed by atoms with Crippen LogP contribution in [0, 0.1) is 12.8 Å². The molecule has 2 aliphatic rings. The molecule has 2 unspecified atom stereocenters. The first-order valence-electron chi connectivity index (χ1n) is 13.0. The van der Waals surface area contributed by atoms with E-state index in [9.17, 15) is 9.59 Å². The van der Waals surface area contributed by atoms with Gasteiger partial charge in [-0.2, -0.15) is 0 Å². The van der Waals surface area contributed by atoms with E-state index in [1.165, 1.54) is 7.11 Å². The molecule has 9 heteroatoms. The van der Waals surface area contributed by atoms with E-state index in [1.807, 2.05) is 19.1 Å². The average molecular weight is 515 g/mol. The molecule has 202 valence electrons. The predicted molar refractivity (Wildman–Crippen MR) is 136 cm³/mol. The quantitative estimate of drug-likeness (QED) is 0.445. The predicted octanol–water partition coefficient (Wildman–Crippen LogP) is 4.69. The minimum Gasteiger partial charge on any atom is -0.497 e. The summed E-state index contributed by atoms with van der Waals surface area (Å²) in [5.74, 6) is 1.97. The summed E-state index contributed by atoms with van der Waals surface area (Å²) >= 11 is 0. The second-order valence-corrected chi connectivity index (χ2v) is 10.0. The van der Waals surface area contributed by atoms with Gasteiger partial charge < -0.3 is 28.3 Å². The molecule has 0 spiro atoms. The number of rotatable bonds is 9. The molecule has 1 amide bonds. The third kappa shape index (κ3) is 5.61. The van der Waals surface area contributed by atoms with E-state index in [0.29, 0.717) is 49.0 Å². The van der Waals surface area contributed by atoms with Crippen molar-refractivity contribution >= 4 is 11.9 Å². The van der Waals surface area contributed by atoms with Gasteiger partial charge in [0.05, 0.1) is 34.0 Å². The van der Waals surface area contributed by atoms with Crippen LogP contribution in [0.2, 0.25) is 0 Å². The van der Waals surface area contributed by atoms with Crippen molar-refractivity contribution in [3.8, 4) is 23.0 Å². The van der Waals surface area contributed by atoms with Crippen LogP contribution in [0.25, 0.3) is 11.5 Å². The zero-order valence-electron chi connectivity index (χ0n) is 22.5. The molecule has 0 bridgehead atoms. The number of amides is 1. The summed E-state index contributed by atoms with van der Waals surface area (Å²) in [6.07, 6.45) is 6.28. The van der Waals surface area contributed by atoms with Crippen molar-refractivity contribution in [3.63, 3.8) is 0 Å². The molecule has 0 radical (unpaired) electrons. The number of aryl methyl sites for hydroxylation is 1. The molecular weight excluding hydrogens is 476 g/mol. The van der Waals surface area contributed by atoms with Gasteiger partial charge in [-0.3, -0.25) is 4.79 Å². The fraction of sp³-hybridized carbons (Fsp3) is 0.607. The molecule has 0 aliphatic heterocycles. The Morgan fingerprint density at radius 1 is 1.05 bits per heavy atom. The number of hydrogen-bond donors (Lipinski definition) is 0. The van der Waals surface area contributed by atoms with Gasteiger partial charge in [0.1, 0.15) is 28.5 Å². The summed E-state index contributed by atoms with van der Waals surface area (Å²) in [5, 5.41) is 0. The third-order valence-electron chi connectivity index (χ3n) is 7.89. The molecular formula is C28H38N2O7. The first kappa shape index (κ1) is 27.0. The Morgan fingerprint density at radius 3 is 2.35 bits per heavy atom. The van der Waals surface area contributed by atoms with Crippen molar-refractivity contribution < 1.29 is 33.0 Å². The summed E-state index contributed by atoms with van der Waals surface area (Å²) < 4.78 is 28.0. The molecule has 0 saturated heterocycles. The van der Waals surface area contributed by atoms with Gasteiger partial charge in [-0.05, 0) is 51.2 Å². The molecule has 2 saturated carbocycles. The summed E-state index contributed by atoms with van der Waals surface area (Å²) in [7, 11) is 6.35. The average Bonchev–Trinajstić information content (AvgIpc) is 3.58. The van der Waals surface area contributed by atoms with E-state index in [0.717, 1.165) is 43.4 Å². The van der Waals surface area contributed by atoms with Crippen LogP contribution in [0.3, 0.4) is 0 Å². The van der Waals surface area contributed by atoms with Crippen LogP contribution >= 0.6 is 0 Å². The molecule has 1 aromatic carbocycles. The molecule has 4 rings (SSSR count). The lowest BCUT2D eigenvalue weighted by Crippen LogP contribution is -2.56. The zero-order chi connectivity index (χ0) is 26.6. The molecule has 2 aliphatic carbocycles. The van der Waals surface area contributed by atoms with Crippen molar-refractivity contribution in [3.05, 3.63) is 29.7 Å². The summed E-state index contributed by atoms with van der Waals surface area (Å²) in [6.45, 7) is 2.16. The van der Waals surface area contributed by atoms with Gasteiger partial charge in [-0.15, -0.1) is 0 Å². The van der Waals surface area contributed by atoms with Crippen LogP contribution in [0.4, 0.5) is 0 Å². The lowest BCUT2D eigenvalue weighted by atomic mass is 9.84. The highest BCUT2D eigenvalue weighted by Crippen LogP contribution is 2.38. The number of likely N-dealkylation sites (N-methyl/N-ethyl adjacent to an activating group) is 1. The molecule has 0 N–H and O–H groups in total. The van der Waals surface area contributed by atoms with Gasteiger partial charge in [-0.1, -0.05) is 19.3 Å². The van der Waals surface area contributed by atoms with E-state index < -0.39 is 5.54 Å². The highest BCUT2D eigenvalue weighted by Gasteiger charge is 2.49. The van der Waals surface area contributed by atoms with Crippen LogP contribution in [-0.4, -0.2) is 61.8 Å². The minimum atomic E-state index is -0.837. The van der Waals surface area contributed by atoms with Gasteiger partial charge in [0.25, 0.3) is 0 Å². The van der Waals surface area contributed by atoms with Crippen molar-refractivity contribution in [2.75, 3.05) is 28.4 Å². The molecule has 2 aromatic rings. The van der Waals surface area contributed by atoms with Crippen LogP contribution in [-0.2, 0) is 25.7 Å². The van der Waals surface area contributed by atoms with Gasteiger partial charge >= 0.3 is 5.97 Å². The van der Waals surface area contributed by atoms with Crippen molar-refractivity contribution in [2.24, 2.45) is 5.92 Å². The second-order valence-electron chi connectivity index (χ2n) is 10.0. The van der Waals surface area contributed by atoms with Crippen molar-refractivity contribution in [2.45, 2.75) is 76.5 Å². The van der Waals surface area contributed by atoms with Gasteiger partial charge in [0, 0.05) is 24.6 Å². The van der Waals surface area contributed by atoms with E-state index >= 15 is 0 Å². The van der Waals surface area contributed by atoms with E-state index in [-0.39, 0.29) is 23.9 Å². The normalized spacial score (nSPS) is 20.9. The largest absolute Gasteiger partial charge is 0.497 e. The summed E-state index contributed by atoms with van der Waals surface area (Å²) in [4.78, 5) is 32.4. The Balaban J connectivity index is 1.40. The summed E-state index contributed by atoms with van der Waals surface area (Å²) in [5.41, 5.74) is 0.637. The van der Waals surface area contributed by atoms with Gasteiger partial charge in [0.15, 0.2) is 0 Å². The smallest absolute Gasteiger partial charge is 0.331 e. The number of methoxy groups -OCH3 is 3. The number of esters is 1. The molecule has 1 heterocycles.